The van der Waals surface area contributed by atoms with Crippen LogP contribution in [0.25, 0.3) is 0 Å². The molecule has 1 rings (SSSR count). The minimum absolute atomic E-state index is 0.196. The zero-order valence-corrected chi connectivity index (χ0v) is 40.6. The number of hydrogen-bond donors (Lipinski definition) is 3. The molecule has 1 aromatic rings. The second-order valence-electron chi connectivity index (χ2n) is 19.5. The third-order valence-electron chi connectivity index (χ3n) is 9.86. The van der Waals surface area contributed by atoms with Crippen LogP contribution in [0.5, 0.6) is 0 Å². The maximum absolute atomic E-state index is 14.1. The number of Topliss-reactive ketones (excluding diaryl/α,β-unsaturated/α-hetero) is 2. The Labute approximate surface area is 377 Å². The summed E-state index contributed by atoms with van der Waals surface area (Å²) in [5.74, 6) is -4.56. The van der Waals surface area contributed by atoms with E-state index in [9.17, 15) is 33.6 Å². The van der Waals surface area contributed by atoms with Crippen molar-refractivity contribution in [3.05, 3.63) is 35.9 Å². The fourth-order valence-electron chi connectivity index (χ4n) is 6.59. The van der Waals surface area contributed by atoms with Gasteiger partial charge in [0.15, 0.2) is 11.6 Å². The van der Waals surface area contributed by atoms with Gasteiger partial charge in [0, 0.05) is 25.7 Å². The van der Waals surface area contributed by atoms with Crippen LogP contribution < -0.4 is 16.0 Å². The lowest BCUT2D eigenvalue weighted by molar-refractivity contribution is -0.154. The topological polar surface area (TPSA) is 196 Å². The summed E-state index contributed by atoms with van der Waals surface area (Å²) in [6.45, 7) is 22.6. The van der Waals surface area contributed by atoms with Crippen LogP contribution in [0, 0.1) is 11.8 Å². The van der Waals surface area contributed by atoms with Crippen LogP contribution in [0.1, 0.15) is 146 Å². The SMILES string of the molecule is C[C@H](C(=O)NCC(=O)C[C@H](C(=O)N[C@@H](CCCCN(C)CCCCC(=O)OCc1ccccc1)C(=O)CCC(=O)NCC(=O)OC(C)(C)C)[C@@H](C)OC(C)(C)C)[C@@H](C)OC(C)(C)C. The van der Waals surface area contributed by atoms with Crippen molar-refractivity contribution in [1.82, 2.24) is 20.9 Å². The molecule has 0 aliphatic heterocycles. The van der Waals surface area contributed by atoms with Crippen molar-refractivity contribution in [3.8, 4) is 0 Å². The zero-order valence-electron chi connectivity index (χ0n) is 40.6. The normalized spacial score (nSPS) is 14.4. The average molecular weight is 889 g/mol. The Kier molecular flexibility index (Phi) is 25.1. The van der Waals surface area contributed by atoms with E-state index in [1.165, 1.54) is 0 Å². The molecule has 3 amide bonds. The molecule has 0 spiro atoms. The van der Waals surface area contributed by atoms with E-state index in [0.29, 0.717) is 32.2 Å². The molecule has 358 valence electrons. The standard InChI is InChI=1S/C48H80N4O11/c1-33(34(2)61-46(4,5)6)44(58)50-30-37(53)29-38(35(3)62-47(7,8)9)45(59)51-39(40(54)25-26-41(55)49-31-43(57)63-48(10,11)12)23-17-19-27-52(13)28-20-18-24-42(56)60-32-36-21-15-14-16-22-36/h14-16,21-22,33-35,38-39H,17-20,23-32H2,1-13H3,(H,49,55)(H,50,58)(H,51,59)/t33-,34+,35+,38-,39-/m0/s1. The number of ketones is 2. The van der Waals surface area contributed by atoms with Crippen molar-refractivity contribution in [2.24, 2.45) is 11.8 Å². The number of rotatable bonds is 29. The average Bonchev–Trinajstić information content (AvgIpc) is 3.17. The van der Waals surface area contributed by atoms with Crippen LogP contribution in [-0.2, 0) is 59.1 Å². The second kappa shape index (κ2) is 27.9. The molecule has 15 heteroatoms. The van der Waals surface area contributed by atoms with E-state index in [0.717, 1.165) is 18.5 Å². The maximum Gasteiger partial charge on any atom is 0.325 e. The third kappa shape index (κ3) is 27.6. The number of benzene rings is 1. The molecule has 0 aromatic heterocycles. The molecule has 0 saturated carbocycles. The van der Waals surface area contributed by atoms with Crippen molar-refractivity contribution in [2.45, 2.75) is 183 Å². The first-order valence-electron chi connectivity index (χ1n) is 22.5. The summed E-state index contributed by atoms with van der Waals surface area (Å²) < 4.78 is 22.7. The molecule has 0 heterocycles. The second-order valence-corrected chi connectivity index (χ2v) is 19.5. The lowest BCUT2D eigenvalue weighted by Gasteiger charge is -2.31. The molecular weight excluding hydrogens is 809 g/mol. The monoisotopic (exact) mass is 889 g/mol. The third-order valence-corrected chi connectivity index (χ3v) is 9.86. The Hall–Kier alpha value is -4.21. The molecule has 1 aromatic carbocycles. The van der Waals surface area contributed by atoms with E-state index in [2.05, 4.69) is 20.9 Å². The first-order chi connectivity index (χ1) is 29.2. The van der Waals surface area contributed by atoms with Gasteiger partial charge in [-0.1, -0.05) is 37.3 Å². The summed E-state index contributed by atoms with van der Waals surface area (Å²) in [7, 11) is 1.98. The molecule has 0 saturated heterocycles. The summed E-state index contributed by atoms with van der Waals surface area (Å²) in [5, 5.41) is 8.05. The highest BCUT2D eigenvalue weighted by Crippen LogP contribution is 2.22. The van der Waals surface area contributed by atoms with E-state index in [1.807, 2.05) is 78.9 Å². The van der Waals surface area contributed by atoms with Crippen molar-refractivity contribution < 1.29 is 52.5 Å². The molecule has 5 atom stereocenters. The Morgan fingerprint density at radius 1 is 0.651 bits per heavy atom. The summed E-state index contributed by atoms with van der Waals surface area (Å²) in [6.07, 6.45) is 1.56. The van der Waals surface area contributed by atoms with Crippen LogP contribution in [0.4, 0.5) is 0 Å². The Morgan fingerprint density at radius 3 is 1.83 bits per heavy atom. The zero-order chi connectivity index (χ0) is 48.0. The van der Waals surface area contributed by atoms with Crippen LogP contribution in [-0.4, -0.2) is 114 Å². The summed E-state index contributed by atoms with van der Waals surface area (Å²) in [6, 6.07) is 8.56. The van der Waals surface area contributed by atoms with Gasteiger partial charge in [0.05, 0.1) is 47.8 Å². The minimum Gasteiger partial charge on any atom is -0.461 e. The maximum atomic E-state index is 14.1. The van der Waals surface area contributed by atoms with Crippen LogP contribution in [0.2, 0.25) is 0 Å². The number of carbonyl (C=O) groups excluding carboxylic acids is 7. The van der Waals surface area contributed by atoms with Gasteiger partial charge in [-0.3, -0.25) is 33.6 Å². The number of nitrogens with one attached hydrogen (secondary N) is 3. The number of unbranched alkanes of at least 4 members (excludes halogenated alkanes) is 2. The smallest absolute Gasteiger partial charge is 0.325 e. The van der Waals surface area contributed by atoms with Gasteiger partial charge in [-0.25, -0.2) is 0 Å². The molecule has 63 heavy (non-hydrogen) atoms. The molecule has 15 nitrogen and oxygen atoms in total. The van der Waals surface area contributed by atoms with Gasteiger partial charge in [0.25, 0.3) is 0 Å². The number of ether oxygens (including phenoxy) is 4. The molecule has 3 N–H and O–H groups in total. The Balaban J connectivity index is 2.97. The predicted octanol–water partition coefficient (Wildman–Crippen LogP) is 6.03. The van der Waals surface area contributed by atoms with Crippen LogP contribution in [0.3, 0.4) is 0 Å². The van der Waals surface area contributed by atoms with E-state index in [-0.39, 0.29) is 68.8 Å². The van der Waals surface area contributed by atoms with Crippen LogP contribution in [0.15, 0.2) is 30.3 Å². The van der Waals surface area contributed by atoms with Gasteiger partial charge in [-0.2, -0.15) is 0 Å². The largest absolute Gasteiger partial charge is 0.461 e. The highest BCUT2D eigenvalue weighted by atomic mass is 16.6. The van der Waals surface area contributed by atoms with Crippen molar-refractivity contribution in [2.75, 3.05) is 33.2 Å². The van der Waals surface area contributed by atoms with Gasteiger partial charge >= 0.3 is 11.9 Å². The van der Waals surface area contributed by atoms with Gasteiger partial charge in [0.1, 0.15) is 18.8 Å². The van der Waals surface area contributed by atoms with Gasteiger partial charge < -0.3 is 39.8 Å². The molecule has 0 radical (unpaired) electrons. The quantitative estimate of drug-likeness (QED) is 0.0626. The summed E-state index contributed by atoms with van der Waals surface area (Å²) in [5.41, 5.74) is -0.899. The molecule has 0 unspecified atom stereocenters. The highest BCUT2D eigenvalue weighted by Gasteiger charge is 2.34. The lowest BCUT2D eigenvalue weighted by Crippen LogP contribution is -2.48. The number of nitrogens with zero attached hydrogens (tertiary/aromatic N) is 1. The van der Waals surface area contributed by atoms with Gasteiger partial charge in [-0.15, -0.1) is 0 Å². The van der Waals surface area contributed by atoms with Crippen LogP contribution >= 0.6 is 0 Å². The Bertz CT molecular complexity index is 1600. The predicted molar refractivity (Wildman–Crippen MR) is 242 cm³/mol. The van der Waals surface area contributed by atoms with Gasteiger partial charge in [0.2, 0.25) is 17.7 Å². The number of carbonyl (C=O) groups is 7. The number of esters is 2. The van der Waals surface area contributed by atoms with Crippen molar-refractivity contribution in [1.29, 1.82) is 0 Å². The number of hydrogen-bond acceptors (Lipinski definition) is 12. The fourth-order valence-corrected chi connectivity index (χ4v) is 6.59. The number of amides is 3. The van der Waals surface area contributed by atoms with Crippen molar-refractivity contribution in [3.63, 3.8) is 0 Å². The summed E-state index contributed by atoms with van der Waals surface area (Å²) in [4.78, 5) is 93.3. The molecule has 0 bridgehead atoms. The highest BCUT2D eigenvalue weighted by molar-refractivity contribution is 5.94. The minimum atomic E-state index is -0.997. The molecule has 0 aliphatic rings. The lowest BCUT2D eigenvalue weighted by atomic mass is 9.93. The van der Waals surface area contributed by atoms with E-state index >= 15 is 0 Å². The van der Waals surface area contributed by atoms with E-state index in [4.69, 9.17) is 18.9 Å². The van der Waals surface area contributed by atoms with E-state index in [1.54, 1.807) is 41.5 Å². The van der Waals surface area contributed by atoms with E-state index < -0.39 is 64.7 Å². The molecule has 0 aliphatic carbocycles. The Morgan fingerprint density at radius 2 is 1.24 bits per heavy atom. The van der Waals surface area contributed by atoms with Gasteiger partial charge in [-0.05, 0) is 134 Å². The fraction of sp³-hybridized carbons (Fsp3) is 0.729. The first kappa shape index (κ1) is 56.8. The molecular formula is C48H80N4O11. The summed E-state index contributed by atoms with van der Waals surface area (Å²) >= 11 is 0. The first-order valence-corrected chi connectivity index (χ1v) is 22.5. The molecule has 0 fully saturated rings. The van der Waals surface area contributed by atoms with Crippen molar-refractivity contribution >= 4 is 41.2 Å².